The summed E-state index contributed by atoms with van der Waals surface area (Å²) in [6, 6.07) is 6.49. The number of ketones is 1. The van der Waals surface area contributed by atoms with E-state index < -0.39 is 30.1 Å². The van der Waals surface area contributed by atoms with Crippen molar-refractivity contribution in [1.82, 2.24) is 0 Å². The number of Topliss-reactive ketones (excluding diaryl/α,β-unsaturated/α-hetero) is 1. The Hall–Kier alpha value is -0.290. The molecule has 1 aromatic rings. The zero-order chi connectivity index (χ0) is 14.2. The van der Waals surface area contributed by atoms with Crippen LogP contribution in [0.2, 0.25) is 0 Å². The summed E-state index contributed by atoms with van der Waals surface area (Å²) in [5.41, 5.74) is -0.308. The number of hydrogen-bond acceptors (Lipinski definition) is 6. The first-order valence-corrected chi connectivity index (χ1v) is 7.39. The van der Waals surface area contributed by atoms with Crippen LogP contribution < -0.4 is 29.6 Å². The van der Waals surface area contributed by atoms with Gasteiger partial charge in [0.05, 0.1) is 0 Å². The van der Waals surface area contributed by atoms with Gasteiger partial charge >= 0.3 is 29.6 Å². The largest absolute Gasteiger partial charge is 1.00 e. The molecule has 100 valence electrons. The van der Waals surface area contributed by atoms with Gasteiger partial charge in [-0.2, -0.15) is 8.42 Å². The predicted molar refractivity (Wildman–Crippen MR) is 60.4 cm³/mol. The molecular weight excluding hydrogens is 307 g/mol. The molecule has 0 heterocycles. The Morgan fingerprint density at radius 2 is 1.58 bits per heavy atom. The van der Waals surface area contributed by atoms with Crippen molar-refractivity contribution in [1.29, 1.82) is 0 Å². The van der Waals surface area contributed by atoms with Crippen LogP contribution in [0.5, 0.6) is 0 Å². The van der Waals surface area contributed by atoms with E-state index in [1.807, 2.05) is 0 Å². The molecule has 0 aliphatic rings. The van der Waals surface area contributed by atoms with E-state index in [2.05, 4.69) is 0 Å². The smallest absolute Gasteiger partial charge is 0.746 e. The van der Waals surface area contributed by atoms with Gasteiger partial charge in [0.15, 0.2) is 5.78 Å². The number of rotatable bonds is 4. The summed E-state index contributed by atoms with van der Waals surface area (Å²) in [6.07, 6.45) is 0. The Kier molecular flexibility index (Phi) is 5.91. The van der Waals surface area contributed by atoms with Crippen LogP contribution in [0.4, 0.5) is 0 Å². The monoisotopic (exact) mass is 316 g/mol. The van der Waals surface area contributed by atoms with E-state index in [0.29, 0.717) is 6.92 Å². The maximum absolute atomic E-state index is 11.8. The summed E-state index contributed by atoms with van der Waals surface area (Å²) in [5.74, 6) is -1.50. The topological polar surface area (TPSA) is 129 Å². The van der Waals surface area contributed by atoms with Gasteiger partial charge in [0.2, 0.25) is 4.08 Å². The van der Waals surface area contributed by atoms with E-state index in [4.69, 9.17) is 4.55 Å². The van der Waals surface area contributed by atoms with E-state index >= 15 is 0 Å². The molecule has 1 unspecified atom stereocenters. The number of hydrogen-bond donors (Lipinski definition) is 1. The zero-order valence-electron chi connectivity index (χ0n) is 10.1. The third-order valence-electron chi connectivity index (χ3n) is 2.42. The zero-order valence-corrected chi connectivity index (χ0v) is 13.7. The molecule has 0 saturated heterocycles. The van der Waals surface area contributed by atoms with Gasteiger partial charge in [-0.05, 0) is 6.92 Å². The van der Waals surface area contributed by atoms with Crippen LogP contribution in [-0.2, 0) is 20.2 Å². The molecule has 0 spiro atoms. The van der Waals surface area contributed by atoms with Crippen molar-refractivity contribution < 1.29 is 60.3 Å². The van der Waals surface area contributed by atoms with E-state index in [-0.39, 0.29) is 35.1 Å². The third-order valence-corrected chi connectivity index (χ3v) is 5.97. The van der Waals surface area contributed by atoms with Crippen molar-refractivity contribution in [2.75, 3.05) is 0 Å². The molecule has 0 aliphatic heterocycles. The van der Waals surface area contributed by atoms with Gasteiger partial charge in [0, 0.05) is 5.56 Å². The molecular formula is C9H9NaO7S2. The van der Waals surface area contributed by atoms with Gasteiger partial charge in [-0.15, -0.1) is 0 Å². The van der Waals surface area contributed by atoms with Crippen molar-refractivity contribution in [2.45, 2.75) is 11.0 Å². The van der Waals surface area contributed by atoms with Crippen molar-refractivity contribution >= 4 is 26.0 Å². The second-order valence-corrected chi connectivity index (χ2v) is 7.32. The molecule has 0 aromatic heterocycles. The molecule has 1 rings (SSSR count). The van der Waals surface area contributed by atoms with E-state index in [1.165, 1.54) is 18.2 Å². The number of carbonyl (C=O) groups is 1. The van der Waals surface area contributed by atoms with Gasteiger partial charge in [-0.25, -0.2) is 8.42 Å². The van der Waals surface area contributed by atoms with Gasteiger partial charge in [0.25, 0.3) is 10.1 Å². The standard InChI is InChI=1S/C9H10O7S2.Na/c1-9(17(11,12)13,18(14,15)16)8(10)7-5-3-2-4-6-7;/h2-6H,1H3,(H,11,12,13)(H,14,15,16);/q;+1/p-1. The quantitative estimate of drug-likeness (QED) is 0.356. The molecule has 10 heteroatoms. The molecule has 0 saturated carbocycles. The summed E-state index contributed by atoms with van der Waals surface area (Å²) in [7, 11) is -11.0. The minimum absolute atomic E-state index is 0. The predicted octanol–water partition coefficient (Wildman–Crippen LogP) is -2.98. The first-order chi connectivity index (χ1) is 8.02. The van der Waals surface area contributed by atoms with Crippen LogP contribution in [0, 0.1) is 0 Å². The fourth-order valence-corrected chi connectivity index (χ4v) is 2.94. The average molecular weight is 316 g/mol. The Labute approximate surface area is 132 Å². The maximum atomic E-state index is 11.8. The van der Waals surface area contributed by atoms with Gasteiger partial charge in [0.1, 0.15) is 10.1 Å². The minimum Gasteiger partial charge on any atom is -0.746 e. The van der Waals surface area contributed by atoms with Crippen LogP contribution in [-0.4, -0.2) is 35.8 Å². The summed E-state index contributed by atoms with van der Waals surface area (Å²) in [6.45, 7) is 0.361. The second kappa shape index (κ2) is 6.00. The molecule has 7 nitrogen and oxygen atoms in total. The van der Waals surface area contributed by atoms with Crippen LogP contribution in [0.3, 0.4) is 0 Å². The summed E-state index contributed by atoms with van der Waals surface area (Å²) >= 11 is 0. The van der Waals surface area contributed by atoms with Crippen LogP contribution >= 0.6 is 0 Å². The fourth-order valence-electron chi connectivity index (χ4n) is 1.21. The fraction of sp³-hybridized carbons (Fsp3) is 0.222. The second-order valence-electron chi connectivity index (χ2n) is 3.57. The van der Waals surface area contributed by atoms with Crippen molar-refractivity contribution in [3.63, 3.8) is 0 Å². The first kappa shape index (κ1) is 18.7. The minimum atomic E-state index is -5.61. The number of carbonyl (C=O) groups excluding carboxylic acids is 1. The Morgan fingerprint density at radius 1 is 1.16 bits per heavy atom. The molecule has 0 fully saturated rings. The molecule has 19 heavy (non-hydrogen) atoms. The average Bonchev–Trinajstić information content (AvgIpc) is 2.25. The molecule has 1 aromatic carbocycles. The normalized spacial score (nSPS) is 15.1. The Morgan fingerprint density at radius 3 is 1.89 bits per heavy atom. The first-order valence-electron chi connectivity index (χ1n) is 4.54. The SMILES string of the molecule is CC(C(=O)c1ccccc1)(S(=O)(=O)[O-])S(=O)(=O)O.[Na+]. The molecule has 0 aliphatic carbocycles. The summed E-state index contributed by atoms with van der Waals surface area (Å²) < 4.78 is 60.6. The van der Waals surface area contributed by atoms with Gasteiger partial charge in [-0.1, -0.05) is 30.3 Å². The maximum Gasteiger partial charge on any atom is 1.00 e. The van der Waals surface area contributed by atoms with E-state index in [1.54, 1.807) is 0 Å². The van der Waals surface area contributed by atoms with Crippen molar-refractivity contribution in [3.05, 3.63) is 35.9 Å². The van der Waals surface area contributed by atoms with E-state index in [9.17, 15) is 26.2 Å². The molecule has 1 N–H and O–H groups in total. The summed E-state index contributed by atoms with van der Waals surface area (Å²) in [4.78, 5) is 11.8. The van der Waals surface area contributed by atoms with E-state index in [0.717, 1.165) is 12.1 Å². The Balaban J connectivity index is 0.00000324. The molecule has 0 radical (unpaired) electrons. The number of benzene rings is 1. The van der Waals surface area contributed by atoms with Crippen molar-refractivity contribution in [2.24, 2.45) is 0 Å². The molecule has 1 atom stereocenters. The van der Waals surface area contributed by atoms with Gasteiger partial charge in [-0.3, -0.25) is 9.35 Å². The van der Waals surface area contributed by atoms with Crippen molar-refractivity contribution in [3.8, 4) is 0 Å². The summed E-state index contributed by atoms with van der Waals surface area (Å²) in [5, 5.41) is 0. The van der Waals surface area contributed by atoms with Gasteiger partial charge < -0.3 is 4.55 Å². The van der Waals surface area contributed by atoms with Crippen LogP contribution in [0.25, 0.3) is 0 Å². The Bertz CT molecular complexity index is 632. The third kappa shape index (κ3) is 3.43. The molecule has 0 amide bonds. The molecule has 0 bridgehead atoms. The van der Waals surface area contributed by atoms with Crippen LogP contribution in [0.1, 0.15) is 17.3 Å². The van der Waals surface area contributed by atoms with Crippen LogP contribution in [0.15, 0.2) is 30.3 Å².